The number of nitro benzene ring substituents is 1. The van der Waals surface area contributed by atoms with Crippen molar-refractivity contribution in [2.75, 3.05) is 11.9 Å². The molecule has 0 radical (unpaired) electrons. The maximum atomic E-state index is 11.0. The lowest BCUT2D eigenvalue weighted by Gasteiger charge is -2.03. The number of hydrogen-bond acceptors (Lipinski definition) is 6. The number of rotatable bonds is 5. The third-order valence-corrected chi connectivity index (χ3v) is 3.33. The van der Waals surface area contributed by atoms with Crippen molar-refractivity contribution in [3.63, 3.8) is 0 Å². The molecule has 0 saturated carbocycles. The lowest BCUT2D eigenvalue weighted by Crippen LogP contribution is -2.07. The molecule has 1 heterocycles. The summed E-state index contributed by atoms with van der Waals surface area (Å²) in [6.07, 6.45) is 0. The summed E-state index contributed by atoms with van der Waals surface area (Å²) in [5.41, 5.74) is 0.552. The van der Waals surface area contributed by atoms with Gasteiger partial charge in [-0.05, 0) is 12.0 Å². The Labute approximate surface area is 114 Å². The van der Waals surface area contributed by atoms with E-state index in [1.165, 1.54) is 17.4 Å². The van der Waals surface area contributed by atoms with Gasteiger partial charge in [0, 0.05) is 12.6 Å². The topological polar surface area (TPSA) is 81.0 Å². The van der Waals surface area contributed by atoms with Crippen LogP contribution in [0.2, 0.25) is 0 Å². The molecule has 0 bridgehead atoms. The minimum absolute atomic E-state index is 0.0501. The maximum absolute atomic E-state index is 11.0. The summed E-state index contributed by atoms with van der Waals surface area (Å²) < 4.78 is 0. The molecule has 0 saturated heterocycles. The van der Waals surface area contributed by atoms with Crippen LogP contribution in [-0.4, -0.2) is 21.7 Å². The van der Waals surface area contributed by atoms with Crippen LogP contribution in [0.25, 0.3) is 10.6 Å². The van der Waals surface area contributed by atoms with E-state index in [9.17, 15) is 10.1 Å². The number of benzene rings is 1. The van der Waals surface area contributed by atoms with Crippen molar-refractivity contribution in [1.29, 1.82) is 0 Å². The third kappa shape index (κ3) is 3.25. The van der Waals surface area contributed by atoms with Crippen molar-refractivity contribution in [3.8, 4) is 10.6 Å². The molecule has 0 aliphatic rings. The Bertz CT molecular complexity index is 583. The normalized spacial score (nSPS) is 10.7. The van der Waals surface area contributed by atoms with Crippen molar-refractivity contribution in [3.05, 3.63) is 34.4 Å². The molecule has 6 nitrogen and oxygen atoms in total. The molecule has 0 amide bonds. The van der Waals surface area contributed by atoms with Crippen LogP contribution < -0.4 is 5.32 Å². The van der Waals surface area contributed by atoms with Crippen LogP contribution in [-0.2, 0) is 0 Å². The van der Waals surface area contributed by atoms with Gasteiger partial charge in [-0.3, -0.25) is 10.1 Å². The molecule has 0 unspecified atom stereocenters. The second-order valence-electron chi connectivity index (χ2n) is 4.46. The molecule has 1 N–H and O–H groups in total. The first-order valence-electron chi connectivity index (χ1n) is 5.89. The number of nitrogens with zero attached hydrogens (tertiary/aromatic N) is 3. The Kier molecular flexibility index (Phi) is 4.06. The zero-order valence-corrected chi connectivity index (χ0v) is 11.5. The summed E-state index contributed by atoms with van der Waals surface area (Å²) in [5, 5.41) is 23.4. The Hall–Kier alpha value is -2.02. The Morgan fingerprint density at radius 1 is 1.37 bits per heavy atom. The first-order chi connectivity index (χ1) is 9.08. The smallest absolute Gasteiger partial charge is 0.279 e. The molecule has 7 heteroatoms. The predicted molar refractivity (Wildman–Crippen MR) is 75.3 cm³/mol. The molecular weight excluding hydrogens is 264 g/mol. The molecule has 19 heavy (non-hydrogen) atoms. The number of anilines is 1. The average molecular weight is 278 g/mol. The van der Waals surface area contributed by atoms with Crippen LogP contribution >= 0.6 is 11.3 Å². The third-order valence-electron chi connectivity index (χ3n) is 2.42. The lowest BCUT2D eigenvalue weighted by molar-refractivity contribution is -0.384. The highest BCUT2D eigenvalue weighted by Crippen LogP contribution is 2.33. The van der Waals surface area contributed by atoms with E-state index in [1.54, 1.807) is 18.2 Å². The summed E-state index contributed by atoms with van der Waals surface area (Å²) in [5.74, 6) is 0.499. The number of nitro groups is 1. The van der Waals surface area contributed by atoms with Gasteiger partial charge in [0.2, 0.25) is 5.13 Å². The predicted octanol–water partition coefficient (Wildman–Crippen LogP) is 3.18. The van der Waals surface area contributed by atoms with E-state index in [0.29, 0.717) is 21.6 Å². The molecular formula is C12H14N4O2S. The molecule has 2 aromatic rings. The van der Waals surface area contributed by atoms with Crippen LogP contribution in [0.3, 0.4) is 0 Å². The fourth-order valence-corrected chi connectivity index (χ4v) is 2.29. The van der Waals surface area contributed by atoms with Gasteiger partial charge < -0.3 is 5.32 Å². The van der Waals surface area contributed by atoms with Crippen molar-refractivity contribution in [2.45, 2.75) is 13.8 Å². The van der Waals surface area contributed by atoms with Gasteiger partial charge in [-0.1, -0.05) is 37.3 Å². The monoisotopic (exact) mass is 278 g/mol. The molecule has 0 spiro atoms. The van der Waals surface area contributed by atoms with Crippen LogP contribution in [0.1, 0.15) is 13.8 Å². The Morgan fingerprint density at radius 2 is 2.11 bits per heavy atom. The molecule has 0 aliphatic carbocycles. The zero-order chi connectivity index (χ0) is 13.8. The summed E-state index contributed by atoms with van der Waals surface area (Å²) in [4.78, 5) is 10.6. The van der Waals surface area contributed by atoms with Crippen molar-refractivity contribution in [2.24, 2.45) is 5.92 Å². The van der Waals surface area contributed by atoms with E-state index in [4.69, 9.17) is 0 Å². The van der Waals surface area contributed by atoms with Gasteiger partial charge in [0.15, 0.2) is 5.01 Å². The summed E-state index contributed by atoms with van der Waals surface area (Å²) in [6, 6.07) is 6.55. The van der Waals surface area contributed by atoms with Gasteiger partial charge in [0.1, 0.15) is 0 Å². The van der Waals surface area contributed by atoms with Gasteiger partial charge in [-0.15, -0.1) is 10.2 Å². The van der Waals surface area contributed by atoms with Gasteiger partial charge in [-0.25, -0.2) is 0 Å². The van der Waals surface area contributed by atoms with Crippen LogP contribution in [0.4, 0.5) is 10.8 Å². The molecule has 1 aromatic carbocycles. The van der Waals surface area contributed by atoms with E-state index < -0.39 is 4.92 Å². The van der Waals surface area contributed by atoms with E-state index in [0.717, 1.165) is 6.54 Å². The van der Waals surface area contributed by atoms with Gasteiger partial charge in [-0.2, -0.15) is 0 Å². The molecule has 1 aromatic heterocycles. The largest absolute Gasteiger partial charge is 0.360 e. The van der Waals surface area contributed by atoms with Gasteiger partial charge in [0.05, 0.1) is 10.5 Å². The van der Waals surface area contributed by atoms with E-state index >= 15 is 0 Å². The van der Waals surface area contributed by atoms with Gasteiger partial charge in [0.25, 0.3) is 5.69 Å². The molecule has 2 rings (SSSR count). The SMILES string of the molecule is CC(C)CNc1nnc(-c2ccccc2[N+](=O)[O-])s1. The van der Waals surface area contributed by atoms with Crippen molar-refractivity contribution >= 4 is 22.2 Å². The molecule has 0 atom stereocenters. The quantitative estimate of drug-likeness (QED) is 0.671. The number of aromatic nitrogens is 2. The molecule has 0 fully saturated rings. The standard InChI is InChI=1S/C12H14N4O2S/c1-8(2)7-13-12-15-14-11(19-12)9-5-3-4-6-10(9)16(17)18/h3-6,8H,7H2,1-2H3,(H,13,15). The van der Waals surface area contributed by atoms with E-state index in [-0.39, 0.29) is 5.69 Å². The summed E-state index contributed by atoms with van der Waals surface area (Å²) in [6.45, 7) is 4.99. The zero-order valence-electron chi connectivity index (χ0n) is 10.7. The summed E-state index contributed by atoms with van der Waals surface area (Å²) >= 11 is 1.32. The first-order valence-corrected chi connectivity index (χ1v) is 6.70. The minimum Gasteiger partial charge on any atom is -0.360 e. The fourth-order valence-electron chi connectivity index (χ4n) is 1.51. The first kappa shape index (κ1) is 13.4. The van der Waals surface area contributed by atoms with Crippen LogP contribution in [0, 0.1) is 16.0 Å². The highest BCUT2D eigenvalue weighted by atomic mass is 32.1. The highest BCUT2D eigenvalue weighted by Gasteiger charge is 2.17. The number of para-hydroxylation sites is 1. The second kappa shape index (κ2) is 5.75. The Balaban J connectivity index is 2.25. The van der Waals surface area contributed by atoms with E-state index in [1.807, 2.05) is 0 Å². The number of nitrogens with one attached hydrogen (secondary N) is 1. The Morgan fingerprint density at radius 3 is 2.79 bits per heavy atom. The fraction of sp³-hybridized carbons (Fsp3) is 0.333. The lowest BCUT2D eigenvalue weighted by atomic mass is 10.2. The molecule has 0 aliphatic heterocycles. The second-order valence-corrected chi connectivity index (χ2v) is 5.44. The average Bonchev–Trinajstić information content (AvgIpc) is 2.85. The highest BCUT2D eigenvalue weighted by molar-refractivity contribution is 7.18. The molecule has 100 valence electrons. The van der Waals surface area contributed by atoms with Crippen molar-refractivity contribution in [1.82, 2.24) is 10.2 Å². The van der Waals surface area contributed by atoms with Crippen LogP contribution in [0.15, 0.2) is 24.3 Å². The summed E-state index contributed by atoms with van der Waals surface area (Å²) in [7, 11) is 0. The van der Waals surface area contributed by atoms with Crippen molar-refractivity contribution < 1.29 is 4.92 Å². The van der Waals surface area contributed by atoms with Gasteiger partial charge >= 0.3 is 0 Å². The maximum Gasteiger partial charge on any atom is 0.279 e. The van der Waals surface area contributed by atoms with E-state index in [2.05, 4.69) is 29.4 Å². The van der Waals surface area contributed by atoms with Crippen LogP contribution in [0.5, 0.6) is 0 Å². The minimum atomic E-state index is -0.405. The number of hydrogen-bond donors (Lipinski definition) is 1.